The topological polar surface area (TPSA) is 71.7 Å². The average molecular weight is 278 g/mol. The molecule has 1 atom stereocenters. The monoisotopic (exact) mass is 278 g/mol. The molecule has 0 radical (unpaired) electrons. The Morgan fingerprint density at radius 3 is 2.70 bits per heavy atom. The Morgan fingerprint density at radius 1 is 1.35 bits per heavy atom. The standard InChI is InChI=1S/C15H26N4O/c1-5-12(4)20-14-8-6-7-13(9-14)18-15(19-16)17-10-11(2)3/h6-9,11-12H,5,10,16H2,1-4H3,(H2,17,18,19). The predicted octanol–water partition coefficient (Wildman–Crippen LogP) is 2.75. The smallest absolute Gasteiger partial charge is 0.210 e. The van der Waals surface area contributed by atoms with E-state index in [0.717, 1.165) is 24.4 Å². The molecule has 1 aromatic rings. The molecule has 0 aromatic heterocycles. The van der Waals surface area contributed by atoms with Gasteiger partial charge >= 0.3 is 0 Å². The molecule has 112 valence electrons. The van der Waals surface area contributed by atoms with Crippen molar-refractivity contribution in [3.05, 3.63) is 24.3 Å². The first kappa shape index (κ1) is 16.3. The van der Waals surface area contributed by atoms with Crippen LogP contribution in [0.15, 0.2) is 29.3 Å². The van der Waals surface area contributed by atoms with Crippen molar-refractivity contribution in [2.24, 2.45) is 16.8 Å². The van der Waals surface area contributed by atoms with E-state index in [1.807, 2.05) is 24.3 Å². The second-order valence-corrected chi connectivity index (χ2v) is 5.22. The lowest BCUT2D eigenvalue weighted by Gasteiger charge is -2.14. The van der Waals surface area contributed by atoms with Gasteiger partial charge in [0, 0.05) is 18.3 Å². The van der Waals surface area contributed by atoms with Gasteiger partial charge in [0.15, 0.2) is 0 Å². The molecular weight excluding hydrogens is 252 g/mol. The van der Waals surface area contributed by atoms with Crippen LogP contribution in [0.5, 0.6) is 5.75 Å². The number of nitrogens with zero attached hydrogens (tertiary/aromatic N) is 1. The Labute approximate surface area is 121 Å². The van der Waals surface area contributed by atoms with Crippen molar-refractivity contribution in [2.75, 3.05) is 11.9 Å². The number of ether oxygens (including phenoxy) is 1. The number of hydrogen-bond donors (Lipinski definition) is 3. The van der Waals surface area contributed by atoms with Crippen LogP contribution in [0.25, 0.3) is 0 Å². The van der Waals surface area contributed by atoms with Gasteiger partial charge in [0.25, 0.3) is 0 Å². The Morgan fingerprint density at radius 2 is 2.10 bits per heavy atom. The lowest BCUT2D eigenvalue weighted by atomic mass is 10.2. The number of benzene rings is 1. The lowest BCUT2D eigenvalue weighted by Crippen LogP contribution is -2.36. The van der Waals surface area contributed by atoms with E-state index < -0.39 is 0 Å². The van der Waals surface area contributed by atoms with Crippen LogP contribution in [0.3, 0.4) is 0 Å². The minimum atomic E-state index is 0.201. The fourth-order valence-electron chi connectivity index (χ4n) is 1.49. The number of aliphatic imine (C=N–C) groups is 1. The second kappa shape index (κ2) is 8.43. The third-order valence-electron chi connectivity index (χ3n) is 2.76. The zero-order valence-electron chi connectivity index (χ0n) is 12.8. The van der Waals surface area contributed by atoms with Crippen LogP contribution < -0.4 is 21.3 Å². The highest BCUT2D eigenvalue weighted by atomic mass is 16.5. The summed E-state index contributed by atoms with van der Waals surface area (Å²) >= 11 is 0. The van der Waals surface area contributed by atoms with Crippen LogP contribution in [0.1, 0.15) is 34.1 Å². The summed E-state index contributed by atoms with van der Waals surface area (Å²) in [7, 11) is 0. The normalized spacial score (nSPS) is 13.2. The van der Waals surface area contributed by atoms with Crippen LogP contribution in [0.4, 0.5) is 5.69 Å². The third-order valence-corrected chi connectivity index (χ3v) is 2.76. The number of hydrazine groups is 1. The van der Waals surface area contributed by atoms with Crippen molar-refractivity contribution in [1.29, 1.82) is 0 Å². The molecule has 0 heterocycles. The average Bonchev–Trinajstić information content (AvgIpc) is 2.43. The summed E-state index contributed by atoms with van der Waals surface area (Å²) in [4.78, 5) is 4.37. The highest BCUT2D eigenvalue weighted by Crippen LogP contribution is 2.19. The number of anilines is 1. The highest BCUT2D eigenvalue weighted by Gasteiger charge is 2.03. The number of hydrogen-bond acceptors (Lipinski definition) is 3. The molecule has 0 bridgehead atoms. The SMILES string of the molecule is CCC(C)Oc1cccc(NC(=NCC(C)C)NN)c1. The maximum Gasteiger partial charge on any atom is 0.210 e. The first-order valence-corrected chi connectivity index (χ1v) is 7.10. The molecule has 0 aliphatic heterocycles. The van der Waals surface area contributed by atoms with Gasteiger partial charge in [0.05, 0.1) is 6.10 Å². The summed E-state index contributed by atoms with van der Waals surface area (Å²) in [6, 6.07) is 7.77. The van der Waals surface area contributed by atoms with Gasteiger partial charge < -0.3 is 10.1 Å². The first-order chi connectivity index (χ1) is 9.55. The summed E-state index contributed by atoms with van der Waals surface area (Å²) in [5, 5.41) is 3.15. The number of nitrogens with one attached hydrogen (secondary N) is 2. The zero-order chi connectivity index (χ0) is 15.0. The van der Waals surface area contributed by atoms with Gasteiger partial charge in [-0.2, -0.15) is 0 Å². The molecule has 0 aliphatic carbocycles. The third kappa shape index (κ3) is 5.93. The summed E-state index contributed by atoms with van der Waals surface area (Å²) in [6.45, 7) is 9.09. The molecule has 20 heavy (non-hydrogen) atoms. The van der Waals surface area contributed by atoms with Crippen LogP contribution in [-0.2, 0) is 0 Å². The maximum absolute atomic E-state index is 5.79. The van der Waals surface area contributed by atoms with Crippen molar-refractivity contribution in [1.82, 2.24) is 5.43 Å². The maximum atomic E-state index is 5.79. The molecule has 0 spiro atoms. The van der Waals surface area contributed by atoms with Crippen LogP contribution in [0, 0.1) is 5.92 Å². The molecular formula is C15H26N4O. The number of rotatable bonds is 6. The minimum Gasteiger partial charge on any atom is -0.491 e. The summed E-state index contributed by atoms with van der Waals surface area (Å²) in [6.07, 6.45) is 1.18. The quantitative estimate of drug-likeness (QED) is 0.324. The molecule has 0 aliphatic rings. The summed E-state index contributed by atoms with van der Waals surface area (Å²) in [5.74, 6) is 7.35. The molecule has 5 nitrogen and oxygen atoms in total. The van der Waals surface area contributed by atoms with Gasteiger partial charge in [0.1, 0.15) is 5.75 Å². The zero-order valence-corrected chi connectivity index (χ0v) is 12.8. The van der Waals surface area contributed by atoms with Gasteiger partial charge in [0.2, 0.25) is 5.96 Å². The molecule has 5 heteroatoms. The van der Waals surface area contributed by atoms with E-state index in [9.17, 15) is 0 Å². The molecule has 0 saturated carbocycles. The van der Waals surface area contributed by atoms with Crippen LogP contribution in [-0.4, -0.2) is 18.6 Å². The van der Waals surface area contributed by atoms with E-state index in [-0.39, 0.29) is 6.10 Å². The first-order valence-electron chi connectivity index (χ1n) is 7.10. The van der Waals surface area contributed by atoms with Crippen LogP contribution >= 0.6 is 0 Å². The fraction of sp³-hybridized carbons (Fsp3) is 0.533. The van der Waals surface area contributed by atoms with Crippen molar-refractivity contribution in [3.63, 3.8) is 0 Å². The van der Waals surface area contributed by atoms with E-state index in [1.165, 1.54) is 0 Å². The van der Waals surface area contributed by atoms with E-state index in [2.05, 4.69) is 43.4 Å². The lowest BCUT2D eigenvalue weighted by molar-refractivity contribution is 0.217. The minimum absolute atomic E-state index is 0.201. The van der Waals surface area contributed by atoms with E-state index >= 15 is 0 Å². The molecule has 4 N–H and O–H groups in total. The Bertz CT molecular complexity index is 432. The van der Waals surface area contributed by atoms with Gasteiger partial charge in [-0.1, -0.05) is 26.8 Å². The fourth-order valence-corrected chi connectivity index (χ4v) is 1.49. The number of guanidine groups is 1. The highest BCUT2D eigenvalue weighted by molar-refractivity contribution is 5.93. The molecule has 0 fully saturated rings. The van der Waals surface area contributed by atoms with Gasteiger partial charge in [-0.3, -0.25) is 10.4 Å². The van der Waals surface area contributed by atoms with Crippen molar-refractivity contribution < 1.29 is 4.74 Å². The second-order valence-electron chi connectivity index (χ2n) is 5.22. The number of nitrogens with two attached hydrogens (primary N) is 1. The van der Waals surface area contributed by atoms with E-state index in [0.29, 0.717) is 11.9 Å². The van der Waals surface area contributed by atoms with Crippen molar-refractivity contribution in [2.45, 2.75) is 40.2 Å². The Kier molecular flexibility index (Phi) is 6.87. The summed E-state index contributed by atoms with van der Waals surface area (Å²) in [5.41, 5.74) is 3.47. The molecule has 0 saturated heterocycles. The summed E-state index contributed by atoms with van der Waals surface area (Å²) < 4.78 is 5.79. The van der Waals surface area contributed by atoms with Crippen molar-refractivity contribution >= 4 is 11.6 Å². The predicted molar refractivity (Wildman–Crippen MR) is 84.9 cm³/mol. The van der Waals surface area contributed by atoms with E-state index in [1.54, 1.807) is 0 Å². The Hall–Kier alpha value is -1.75. The largest absolute Gasteiger partial charge is 0.491 e. The Balaban J connectivity index is 2.71. The molecule has 1 rings (SSSR count). The molecule has 0 amide bonds. The van der Waals surface area contributed by atoms with Gasteiger partial charge in [-0.05, 0) is 31.4 Å². The van der Waals surface area contributed by atoms with Crippen molar-refractivity contribution in [3.8, 4) is 5.75 Å². The van der Waals surface area contributed by atoms with Gasteiger partial charge in [-0.15, -0.1) is 0 Å². The van der Waals surface area contributed by atoms with E-state index in [4.69, 9.17) is 10.6 Å². The van der Waals surface area contributed by atoms with Crippen LogP contribution in [0.2, 0.25) is 0 Å². The van der Waals surface area contributed by atoms with Gasteiger partial charge in [-0.25, -0.2) is 5.84 Å². The molecule has 1 aromatic carbocycles. The molecule has 1 unspecified atom stereocenters.